The minimum absolute atomic E-state index is 0.0423. The number of nitrogens with one attached hydrogen (secondary N) is 1. The maximum Gasteiger partial charge on any atom is 0.223 e. The molecule has 1 fully saturated rings. The summed E-state index contributed by atoms with van der Waals surface area (Å²) in [6.07, 6.45) is 0.900. The van der Waals surface area contributed by atoms with Crippen LogP contribution in [-0.4, -0.2) is 17.6 Å². The van der Waals surface area contributed by atoms with Gasteiger partial charge in [0.15, 0.2) is 0 Å². The molecule has 3 rings (SSSR count). The molecule has 4 heteroatoms. The second-order valence-electron chi connectivity index (χ2n) is 5.83. The summed E-state index contributed by atoms with van der Waals surface area (Å²) < 4.78 is 0. The van der Waals surface area contributed by atoms with Gasteiger partial charge in [-0.25, -0.2) is 0 Å². The topological polar surface area (TPSA) is 49.3 Å². The second kappa shape index (κ2) is 5.62. The van der Waals surface area contributed by atoms with Crippen molar-refractivity contribution in [3.8, 4) is 0 Å². The summed E-state index contributed by atoms with van der Waals surface area (Å²) in [5.74, 6) is 0.421. The Hall–Kier alpha value is -1.65. The number of hydrogen-bond acceptors (Lipinski definition) is 3. The zero-order valence-electron chi connectivity index (χ0n) is 12.0. The summed E-state index contributed by atoms with van der Waals surface area (Å²) in [7, 11) is 0. The Kier molecular flexibility index (Phi) is 3.83. The summed E-state index contributed by atoms with van der Waals surface area (Å²) in [6.45, 7) is 1.99. The van der Waals surface area contributed by atoms with Crippen molar-refractivity contribution in [3.05, 3.63) is 58.3 Å². The average Bonchev–Trinajstić information content (AvgIpc) is 3.09. The van der Waals surface area contributed by atoms with Gasteiger partial charge in [0.25, 0.3) is 0 Å². The monoisotopic (exact) mass is 301 g/mol. The highest BCUT2D eigenvalue weighted by atomic mass is 32.1. The first-order valence-corrected chi connectivity index (χ1v) is 8.05. The van der Waals surface area contributed by atoms with Crippen LogP contribution in [0, 0.1) is 5.92 Å². The second-order valence-corrected chi connectivity index (χ2v) is 6.78. The van der Waals surface area contributed by atoms with Gasteiger partial charge in [-0.15, -0.1) is 11.3 Å². The summed E-state index contributed by atoms with van der Waals surface area (Å²) in [4.78, 5) is 13.1. The van der Waals surface area contributed by atoms with Crippen LogP contribution in [0.2, 0.25) is 0 Å². The van der Waals surface area contributed by atoms with E-state index < -0.39 is 5.60 Å². The highest BCUT2D eigenvalue weighted by molar-refractivity contribution is 7.10. The predicted molar refractivity (Wildman–Crippen MR) is 84.2 cm³/mol. The lowest BCUT2D eigenvalue weighted by Gasteiger charge is -2.22. The van der Waals surface area contributed by atoms with Gasteiger partial charge in [-0.1, -0.05) is 36.4 Å². The van der Waals surface area contributed by atoms with Crippen LogP contribution in [0.25, 0.3) is 0 Å². The molecule has 3 unspecified atom stereocenters. The Bertz CT molecular complexity index is 607. The number of carbonyl (C=O) groups is 1. The highest BCUT2D eigenvalue weighted by Crippen LogP contribution is 2.47. The minimum atomic E-state index is -0.999. The lowest BCUT2D eigenvalue weighted by molar-refractivity contribution is -0.123. The normalized spacial score (nSPS) is 23.3. The Morgan fingerprint density at radius 2 is 2.10 bits per heavy atom. The van der Waals surface area contributed by atoms with Gasteiger partial charge in [0.1, 0.15) is 5.60 Å². The Morgan fingerprint density at radius 3 is 2.76 bits per heavy atom. The summed E-state index contributed by atoms with van der Waals surface area (Å²) in [5, 5.41) is 15.2. The van der Waals surface area contributed by atoms with Crippen molar-refractivity contribution in [2.24, 2.45) is 5.92 Å². The maximum atomic E-state index is 12.2. The van der Waals surface area contributed by atoms with Gasteiger partial charge in [0, 0.05) is 10.8 Å². The molecule has 110 valence electrons. The van der Waals surface area contributed by atoms with Crippen molar-refractivity contribution in [1.82, 2.24) is 5.32 Å². The van der Waals surface area contributed by atoms with Crippen molar-refractivity contribution in [2.75, 3.05) is 6.54 Å². The molecule has 1 amide bonds. The standard InChI is InChI=1S/C17H19NO2S/c1-17(20,15-8-5-9-21-15)11-18-16(19)14-10-13(14)12-6-3-2-4-7-12/h2-9,13-14,20H,10-11H2,1H3,(H,18,19). The quantitative estimate of drug-likeness (QED) is 0.892. The van der Waals surface area contributed by atoms with E-state index in [1.54, 1.807) is 6.92 Å². The van der Waals surface area contributed by atoms with Gasteiger partial charge in [-0.05, 0) is 36.3 Å². The number of aliphatic hydroxyl groups is 1. The molecular weight excluding hydrogens is 282 g/mol. The van der Waals surface area contributed by atoms with Gasteiger partial charge in [-0.2, -0.15) is 0 Å². The highest BCUT2D eigenvalue weighted by Gasteiger charge is 2.44. The number of thiophene rings is 1. The van der Waals surface area contributed by atoms with E-state index in [1.807, 2.05) is 35.7 Å². The predicted octanol–water partition coefficient (Wildman–Crippen LogP) is 2.88. The van der Waals surface area contributed by atoms with Crippen LogP contribution in [-0.2, 0) is 10.4 Å². The summed E-state index contributed by atoms with van der Waals surface area (Å²) in [6, 6.07) is 13.9. The Labute approximate surface area is 128 Å². The Morgan fingerprint density at radius 1 is 1.33 bits per heavy atom. The van der Waals surface area contributed by atoms with E-state index in [0.29, 0.717) is 5.92 Å². The fourth-order valence-electron chi connectivity index (χ4n) is 2.62. The van der Waals surface area contributed by atoms with Gasteiger partial charge in [-0.3, -0.25) is 4.79 Å². The fourth-order valence-corrected chi connectivity index (χ4v) is 3.40. The third-order valence-corrected chi connectivity index (χ3v) is 5.14. The molecule has 0 bridgehead atoms. The molecule has 3 nitrogen and oxygen atoms in total. The molecule has 1 aromatic carbocycles. The lowest BCUT2D eigenvalue weighted by atomic mass is 10.0. The molecule has 0 saturated heterocycles. The lowest BCUT2D eigenvalue weighted by Crippen LogP contribution is -2.38. The SMILES string of the molecule is CC(O)(CNC(=O)C1CC1c1ccccc1)c1cccs1. The van der Waals surface area contributed by atoms with Crippen molar-refractivity contribution in [1.29, 1.82) is 0 Å². The first-order chi connectivity index (χ1) is 10.1. The van der Waals surface area contributed by atoms with E-state index in [-0.39, 0.29) is 18.4 Å². The third-order valence-electron chi connectivity index (χ3n) is 4.01. The zero-order valence-corrected chi connectivity index (χ0v) is 12.8. The molecule has 2 N–H and O–H groups in total. The van der Waals surface area contributed by atoms with E-state index >= 15 is 0 Å². The number of amides is 1. The number of benzene rings is 1. The van der Waals surface area contributed by atoms with E-state index in [0.717, 1.165) is 11.3 Å². The van der Waals surface area contributed by atoms with Crippen molar-refractivity contribution >= 4 is 17.2 Å². The zero-order chi connectivity index (χ0) is 14.9. The first kappa shape index (κ1) is 14.3. The summed E-state index contributed by atoms with van der Waals surface area (Å²) >= 11 is 1.50. The maximum absolute atomic E-state index is 12.2. The smallest absolute Gasteiger partial charge is 0.223 e. The number of carbonyl (C=O) groups excluding carboxylic acids is 1. The van der Waals surface area contributed by atoms with Crippen LogP contribution >= 0.6 is 11.3 Å². The van der Waals surface area contributed by atoms with Gasteiger partial charge >= 0.3 is 0 Å². The van der Waals surface area contributed by atoms with Crippen LogP contribution in [0.15, 0.2) is 47.8 Å². The van der Waals surface area contributed by atoms with E-state index in [4.69, 9.17) is 0 Å². The van der Waals surface area contributed by atoms with Crippen molar-refractivity contribution in [3.63, 3.8) is 0 Å². The fraction of sp³-hybridized carbons (Fsp3) is 0.353. The van der Waals surface area contributed by atoms with Crippen LogP contribution in [0.5, 0.6) is 0 Å². The molecule has 1 aliphatic rings. The average molecular weight is 301 g/mol. The molecule has 0 aliphatic heterocycles. The van der Waals surface area contributed by atoms with Crippen molar-refractivity contribution in [2.45, 2.75) is 24.9 Å². The molecule has 1 aromatic heterocycles. The Balaban J connectivity index is 1.54. The molecule has 21 heavy (non-hydrogen) atoms. The molecule has 1 heterocycles. The van der Waals surface area contributed by atoms with Crippen LogP contribution in [0.4, 0.5) is 0 Å². The molecule has 3 atom stereocenters. The largest absolute Gasteiger partial charge is 0.383 e. The molecule has 0 radical (unpaired) electrons. The molecular formula is C17H19NO2S. The minimum Gasteiger partial charge on any atom is -0.383 e. The first-order valence-electron chi connectivity index (χ1n) is 7.17. The van der Waals surface area contributed by atoms with Gasteiger partial charge < -0.3 is 10.4 Å². The van der Waals surface area contributed by atoms with Crippen LogP contribution < -0.4 is 5.32 Å². The van der Waals surface area contributed by atoms with Crippen LogP contribution in [0.1, 0.15) is 29.7 Å². The van der Waals surface area contributed by atoms with Crippen LogP contribution in [0.3, 0.4) is 0 Å². The van der Waals surface area contributed by atoms with E-state index in [1.165, 1.54) is 16.9 Å². The molecule has 2 aromatic rings. The third kappa shape index (κ3) is 3.17. The van der Waals surface area contributed by atoms with Gasteiger partial charge in [0.05, 0.1) is 6.54 Å². The molecule has 0 spiro atoms. The summed E-state index contributed by atoms with van der Waals surface area (Å²) in [5.41, 5.74) is 0.226. The van der Waals surface area contributed by atoms with Gasteiger partial charge in [0.2, 0.25) is 5.91 Å². The molecule has 1 aliphatic carbocycles. The van der Waals surface area contributed by atoms with E-state index in [9.17, 15) is 9.90 Å². The van der Waals surface area contributed by atoms with Crippen molar-refractivity contribution < 1.29 is 9.90 Å². The molecule has 1 saturated carbocycles. The number of rotatable bonds is 5. The van der Waals surface area contributed by atoms with E-state index in [2.05, 4.69) is 17.4 Å². The number of hydrogen-bond donors (Lipinski definition) is 2.